The van der Waals surface area contributed by atoms with Crippen molar-refractivity contribution >= 4 is 12.4 Å². The summed E-state index contributed by atoms with van der Waals surface area (Å²) in [5, 5.41) is 3.36. The molecule has 1 N–H and O–H groups in total. The van der Waals surface area contributed by atoms with Gasteiger partial charge in [0.05, 0.1) is 6.17 Å². The number of hydrogen-bond acceptors (Lipinski definition) is 2. The molecule has 0 saturated carbocycles. The highest BCUT2D eigenvalue weighted by Gasteiger charge is 2.22. The third-order valence-corrected chi connectivity index (χ3v) is 2.93. The molecule has 2 nitrogen and oxygen atoms in total. The van der Waals surface area contributed by atoms with Crippen molar-refractivity contribution in [2.75, 3.05) is 13.6 Å². The minimum atomic E-state index is 0. The molecule has 0 aliphatic carbocycles. The van der Waals surface area contributed by atoms with E-state index in [1.165, 1.54) is 24.9 Å². The lowest BCUT2D eigenvalue weighted by Gasteiger charge is -2.23. The zero-order chi connectivity index (χ0) is 9.80. The molecule has 0 aromatic heterocycles. The summed E-state index contributed by atoms with van der Waals surface area (Å²) in [5.74, 6) is 0. The lowest BCUT2D eigenvalue weighted by Crippen LogP contribution is -2.38. The standard InChI is InChI=1S/C12H18N2.ClH/c1-13-12-8-5-9-14(12)10-11-6-3-2-4-7-11;/h2-4,6-7,12-13H,5,8-10H2,1H3;1H. The van der Waals surface area contributed by atoms with Gasteiger partial charge in [0.1, 0.15) is 0 Å². The predicted molar refractivity (Wildman–Crippen MR) is 66.2 cm³/mol. The highest BCUT2D eigenvalue weighted by Crippen LogP contribution is 2.17. The molecule has 15 heavy (non-hydrogen) atoms. The van der Waals surface area contributed by atoms with Crippen molar-refractivity contribution in [1.29, 1.82) is 0 Å². The first-order valence-corrected chi connectivity index (χ1v) is 5.35. The van der Waals surface area contributed by atoms with Crippen LogP contribution < -0.4 is 5.32 Å². The fourth-order valence-electron chi connectivity index (χ4n) is 2.16. The van der Waals surface area contributed by atoms with Crippen LogP contribution in [-0.4, -0.2) is 24.7 Å². The maximum absolute atomic E-state index is 3.36. The molecule has 1 unspecified atom stereocenters. The van der Waals surface area contributed by atoms with Crippen LogP contribution in [0.4, 0.5) is 0 Å². The molecule has 2 rings (SSSR count). The number of nitrogens with one attached hydrogen (secondary N) is 1. The predicted octanol–water partition coefficient (Wildman–Crippen LogP) is 2.25. The molecule has 1 saturated heterocycles. The van der Waals surface area contributed by atoms with E-state index in [2.05, 4.69) is 40.5 Å². The van der Waals surface area contributed by atoms with E-state index >= 15 is 0 Å². The second kappa shape index (κ2) is 6.11. The van der Waals surface area contributed by atoms with Gasteiger partial charge in [0, 0.05) is 13.1 Å². The van der Waals surface area contributed by atoms with Gasteiger partial charge in [-0.3, -0.25) is 4.90 Å². The van der Waals surface area contributed by atoms with Crippen LogP contribution in [0.25, 0.3) is 0 Å². The quantitative estimate of drug-likeness (QED) is 0.851. The lowest BCUT2D eigenvalue weighted by molar-refractivity contribution is 0.220. The van der Waals surface area contributed by atoms with Gasteiger partial charge in [-0.1, -0.05) is 30.3 Å². The SMILES string of the molecule is CNC1CCCN1Cc1ccccc1.Cl. The number of likely N-dealkylation sites (tertiary alicyclic amines) is 1. The van der Waals surface area contributed by atoms with Crippen LogP contribution in [0.5, 0.6) is 0 Å². The maximum atomic E-state index is 3.36. The van der Waals surface area contributed by atoms with Crippen molar-refractivity contribution < 1.29 is 0 Å². The van der Waals surface area contributed by atoms with Gasteiger partial charge < -0.3 is 5.32 Å². The molecule has 1 aliphatic heterocycles. The van der Waals surface area contributed by atoms with Crippen LogP contribution in [0.3, 0.4) is 0 Å². The highest BCUT2D eigenvalue weighted by molar-refractivity contribution is 5.85. The Morgan fingerprint density at radius 3 is 2.73 bits per heavy atom. The van der Waals surface area contributed by atoms with Crippen molar-refractivity contribution in [1.82, 2.24) is 10.2 Å². The molecule has 0 bridgehead atoms. The fraction of sp³-hybridized carbons (Fsp3) is 0.500. The van der Waals surface area contributed by atoms with Crippen LogP contribution in [0.1, 0.15) is 18.4 Å². The first-order chi connectivity index (χ1) is 6.90. The fourth-order valence-corrected chi connectivity index (χ4v) is 2.16. The number of halogens is 1. The minimum absolute atomic E-state index is 0. The zero-order valence-electron chi connectivity index (χ0n) is 9.15. The first-order valence-electron chi connectivity index (χ1n) is 5.35. The van der Waals surface area contributed by atoms with Crippen LogP contribution in [-0.2, 0) is 6.54 Å². The van der Waals surface area contributed by atoms with E-state index in [-0.39, 0.29) is 12.4 Å². The normalized spacial score (nSPS) is 21.3. The molecule has 1 aromatic carbocycles. The van der Waals surface area contributed by atoms with Crippen LogP contribution in [0.15, 0.2) is 30.3 Å². The van der Waals surface area contributed by atoms with E-state index in [1.54, 1.807) is 0 Å². The zero-order valence-corrected chi connectivity index (χ0v) is 9.96. The summed E-state index contributed by atoms with van der Waals surface area (Å²) in [5.41, 5.74) is 1.41. The Morgan fingerprint density at radius 1 is 1.33 bits per heavy atom. The Hall–Kier alpha value is -0.570. The van der Waals surface area contributed by atoms with Gasteiger partial charge in [-0.05, 0) is 25.5 Å². The molecule has 1 fully saturated rings. The summed E-state index contributed by atoms with van der Waals surface area (Å²) >= 11 is 0. The van der Waals surface area contributed by atoms with E-state index in [0.29, 0.717) is 6.17 Å². The Kier molecular flexibility index (Phi) is 5.09. The van der Waals surface area contributed by atoms with Crippen LogP contribution >= 0.6 is 12.4 Å². The molecule has 0 radical (unpaired) electrons. The molecule has 1 aromatic rings. The van der Waals surface area contributed by atoms with Crippen molar-refractivity contribution in [2.45, 2.75) is 25.6 Å². The Balaban J connectivity index is 0.00000112. The van der Waals surface area contributed by atoms with Gasteiger partial charge in [-0.25, -0.2) is 0 Å². The summed E-state index contributed by atoms with van der Waals surface area (Å²) in [7, 11) is 2.05. The summed E-state index contributed by atoms with van der Waals surface area (Å²) in [6.07, 6.45) is 3.18. The molecule has 84 valence electrons. The Bertz CT molecular complexity index is 276. The molecule has 1 aliphatic rings. The molecule has 1 atom stereocenters. The molecule has 3 heteroatoms. The first kappa shape index (κ1) is 12.5. The molecule has 0 amide bonds. The van der Waals surface area contributed by atoms with E-state index in [4.69, 9.17) is 0 Å². The average molecular weight is 227 g/mol. The summed E-state index contributed by atoms with van der Waals surface area (Å²) in [6, 6.07) is 10.7. The second-order valence-electron chi connectivity index (χ2n) is 3.90. The third kappa shape index (κ3) is 3.20. The van der Waals surface area contributed by atoms with E-state index in [1.807, 2.05) is 7.05 Å². The topological polar surface area (TPSA) is 15.3 Å². The Labute approximate surface area is 98.1 Å². The van der Waals surface area contributed by atoms with Crippen molar-refractivity contribution in [3.05, 3.63) is 35.9 Å². The minimum Gasteiger partial charge on any atom is -0.305 e. The maximum Gasteiger partial charge on any atom is 0.0598 e. The number of hydrogen-bond donors (Lipinski definition) is 1. The monoisotopic (exact) mass is 226 g/mol. The molecule has 0 spiro atoms. The largest absolute Gasteiger partial charge is 0.305 e. The summed E-state index contributed by atoms with van der Waals surface area (Å²) in [6.45, 7) is 2.30. The van der Waals surface area contributed by atoms with E-state index < -0.39 is 0 Å². The molecular weight excluding hydrogens is 208 g/mol. The van der Waals surface area contributed by atoms with Crippen LogP contribution in [0.2, 0.25) is 0 Å². The Morgan fingerprint density at radius 2 is 2.07 bits per heavy atom. The molecular formula is C12H19ClN2. The van der Waals surface area contributed by atoms with E-state index in [9.17, 15) is 0 Å². The average Bonchev–Trinajstić information content (AvgIpc) is 2.67. The van der Waals surface area contributed by atoms with Gasteiger partial charge >= 0.3 is 0 Å². The molecule has 1 heterocycles. The van der Waals surface area contributed by atoms with Crippen molar-refractivity contribution in [2.24, 2.45) is 0 Å². The van der Waals surface area contributed by atoms with Crippen molar-refractivity contribution in [3.8, 4) is 0 Å². The lowest BCUT2D eigenvalue weighted by atomic mass is 10.2. The van der Waals surface area contributed by atoms with Gasteiger partial charge in [0.15, 0.2) is 0 Å². The van der Waals surface area contributed by atoms with Gasteiger partial charge in [0.2, 0.25) is 0 Å². The number of rotatable bonds is 3. The van der Waals surface area contributed by atoms with Gasteiger partial charge in [-0.15, -0.1) is 12.4 Å². The van der Waals surface area contributed by atoms with Gasteiger partial charge in [-0.2, -0.15) is 0 Å². The highest BCUT2D eigenvalue weighted by atomic mass is 35.5. The van der Waals surface area contributed by atoms with Crippen molar-refractivity contribution in [3.63, 3.8) is 0 Å². The number of benzene rings is 1. The summed E-state index contributed by atoms with van der Waals surface area (Å²) in [4.78, 5) is 2.51. The third-order valence-electron chi connectivity index (χ3n) is 2.93. The smallest absolute Gasteiger partial charge is 0.0598 e. The van der Waals surface area contributed by atoms with E-state index in [0.717, 1.165) is 6.54 Å². The van der Waals surface area contributed by atoms with Gasteiger partial charge in [0.25, 0.3) is 0 Å². The summed E-state index contributed by atoms with van der Waals surface area (Å²) < 4.78 is 0. The number of nitrogens with zero attached hydrogens (tertiary/aromatic N) is 1. The van der Waals surface area contributed by atoms with Crippen LogP contribution in [0, 0.1) is 0 Å². The second-order valence-corrected chi connectivity index (χ2v) is 3.90.